The van der Waals surface area contributed by atoms with Crippen molar-refractivity contribution >= 4 is 17.6 Å². The predicted octanol–water partition coefficient (Wildman–Crippen LogP) is 0.754. The van der Waals surface area contributed by atoms with E-state index in [0.29, 0.717) is 5.69 Å². The highest BCUT2D eigenvalue weighted by Crippen LogP contribution is 2.08. The van der Waals surface area contributed by atoms with Crippen LogP contribution in [-0.2, 0) is 11.3 Å². The van der Waals surface area contributed by atoms with Crippen LogP contribution in [0.15, 0.2) is 30.5 Å². The maximum atomic E-state index is 12.7. The van der Waals surface area contributed by atoms with Gasteiger partial charge in [-0.2, -0.15) is 0 Å². The fraction of sp³-hybridized carbons (Fsp3) is 0.0909. The summed E-state index contributed by atoms with van der Waals surface area (Å²) < 4.78 is 13.6. The highest BCUT2D eigenvalue weighted by atomic mass is 19.1. The number of carboxylic acids is 1. The lowest BCUT2D eigenvalue weighted by Crippen LogP contribution is -2.22. The monoisotopic (exact) mass is 264 g/mol. The molecule has 98 valence electrons. The molecule has 2 rings (SSSR count). The van der Waals surface area contributed by atoms with Gasteiger partial charge in [0.05, 0.1) is 6.20 Å². The fourth-order valence-corrected chi connectivity index (χ4v) is 1.41. The van der Waals surface area contributed by atoms with Crippen molar-refractivity contribution in [1.29, 1.82) is 0 Å². The zero-order valence-electron chi connectivity index (χ0n) is 9.58. The third-order valence-electron chi connectivity index (χ3n) is 2.26. The number of anilines is 1. The van der Waals surface area contributed by atoms with Gasteiger partial charge in [0, 0.05) is 5.69 Å². The van der Waals surface area contributed by atoms with E-state index in [1.54, 1.807) is 0 Å². The maximum absolute atomic E-state index is 12.7. The lowest BCUT2D eigenvalue weighted by Gasteiger charge is -2.05. The van der Waals surface area contributed by atoms with E-state index in [0.717, 1.165) is 10.9 Å². The molecule has 2 N–H and O–H groups in total. The van der Waals surface area contributed by atoms with Gasteiger partial charge in [-0.05, 0) is 24.3 Å². The zero-order chi connectivity index (χ0) is 13.8. The molecule has 0 bridgehead atoms. The molecule has 19 heavy (non-hydrogen) atoms. The number of rotatable bonds is 4. The Morgan fingerprint density at radius 2 is 2.00 bits per heavy atom. The first-order valence-electron chi connectivity index (χ1n) is 5.23. The number of nitrogens with zero attached hydrogens (tertiary/aromatic N) is 3. The Hall–Kier alpha value is -2.77. The number of benzene rings is 1. The van der Waals surface area contributed by atoms with E-state index in [9.17, 15) is 14.0 Å². The smallest absolute Gasteiger partial charge is 0.355 e. The Balaban J connectivity index is 2.03. The number of amides is 1. The standard InChI is InChI=1S/C11H9FN4O3/c12-7-1-3-8(4-2-7)14-10(17)6-16-9(11(18)19)5-13-15-16/h1-5H,6H2,(H,14,17)(H,18,19). The summed E-state index contributed by atoms with van der Waals surface area (Å²) in [6.07, 6.45) is 1.05. The van der Waals surface area contributed by atoms with Crippen molar-refractivity contribution in [2.75, 3.05) is 5.32 Å². The van der Waals surface area contributed by atoms with E-state index in [1.807, 2.05) is 0 Å². The van der Waals surface area contributed by atoms with Crippen LogP contribution in [0, 0.1) is 5.82 Å². The average molecular weight is 264 g/mol. The Morgan fingerprint density at radius 1 is 1.32 bits per heavy atom. The molecule has 0 atom stereocenters. The number of carbonyl (C=O) groups excluding carboxylic acids is 1. The number of aromatic nitrogens is 3. The van der Waals surface area contributed by atoms with Gasteiger partial charge in [0.1, 0.15) is 12.4 Å². The van der Waals surface area contributed by atoms with Gasteiger partial charge in [0.25, 0.3) is 0 Å². The van der Waals surface area contributed by atoms with Crippen LogP contribution in [0.1, 0.15) is 10.5 Å². The van der Waals surface area contributed by atoms with Gasteiger partial charge in [-0.3, -0.25) is 4.79 Å². The molecule has 0 unspecified atom stereocenters. The first kappa shape index (κ1) is 12.7. The molecule has 0 spiro atoms. The van der Waals surface area contributed by atoms with Crippen molar-refractivity contribution in [2.24, 2.45) is 0 Å². The van der Waals surface area contributed by atoms with Gasteiger partial charge in [0.2, 0.25) is 5.91 Å². The van der Waals surface area contributed by atoms with E-state index in [2.05, 4.69) is 15.6 Å². The topological polar surface area (TPSA) is 97.1 Å². The minimum absolute atomic E-state index is 0.186. The second kappa shape index (κ2) is 5.25. The van der Waals surface area contributed by atoms with E-state index in [4.69, 9.17) is 5.11 Å². The Kier molecular flexibility index (Phi) is 3.51. The molecule has 1 heterocycles. The van der Waals surface area contributed by atoms with Gasteiger partial charge in [0.15, 0.2) is 5.69 Å². The van der Waals surface area contributed by atoms with E-state index in [1.165, 1.54) is 24.3 Å². The second-order valence-corrected chi connectivity index (χ2v) is 3.64. The van der Waals surface area contributed by atoms with Crippen molar-refractivity contribution in [3.05, 3.63) is 42.0 Å². The number of hydrogen-bond acceptors (Lipinski definition) is 4. The summed E-state index contributed by atoms with van der Waals surface area (Å²) >= 11 is 0. The quantitative estimate of drug-likeness (QED) is 0.849. The SMILES string of the molecule is O=C(Cn1nncc1C(=O)O)Nc1ccc(F)cc1. The van der Waals surface area contributed by atoms with Crippen molar-refractivity contribution in [3.8, 4) is 0 Å². The lowest BCUT2D eigenvalue weighted by molar-refractivity contribution is -0.116. The van der Waals surface area contributed by atoms with Crippen molar-refractivity contribution in [1.82, 2.24) is 15.0 Å². The van der Waals surface area contributed by atoms with Crippen LogP contribution in [-0.4, -0.2) is 32.0 Å². The molecule has 0 aliphatic rings. The molecule has 8 heteroatoms. The average Bonchev–Trinajstić information content (AvgIpc) is 2.80. The van der Waals surface area contributed by atoms with Crippen LogP contribution in [0.4, 0.5) is 10.1 Å². The Bertz CT molecular complexity index is 609. The van der Waals surface area contributed by atoms with Crippen LogP contribution in [0.25, 0.3) is 0 Å². The highest BCUT2D eigenvalue weighted by Gasteiger charge is 2.14. The minimum Gasteiger partial charge on any atom is -0.476 e. The Labute approximate surface area is 106 Å². The number of hydrogen-bond donors (Lipinski definition) is 2. The molecule has 0 fully saturated rings. The number of carboxylic acid groups (broad SMARTS) is 1. The van der Waals surface area contributed by atoms with Gasteiger partial charge in [-0.15, -0.1) is 5.10 Å². The summed E-state index contributed by atoms with van der Waals surface area (Å²) in [7, 11) is 0. The number of carbonyl (C=O) groups is 2. The third-order valence-corrected chi connectivity index (χ3v) is 2.26. The third kappa shape index (κ3) is 3.12. The van der Waals surface area contributed by atoms with Crippen LogP contribution < -0.4 is 5.32 Å². The molecule has 0 aliphatic carbocycles. The highest BCUT2D eigenvalue weighted by molar-refractivity contribution is 5.91. The molecule has 0 saturated heterocycles. The fourth-order valence-electron chi connectivity index (χ4n) is 1.41. The van der Waals surface area contributed by atoms with Crippen LogP contribution in [0.2, 0.25) is 0 Å². The van der Waals surface area contributed by atoms with Crippen molar-refractivity contribution in [2.45, 2.75) is 6.54 Å². The lowest BCUT2D eigenvalue weighted by atomic mass is 10.3. The summed E-state index contributed by atoms with van der Waals surface area (Å²) in [6.45, 7) is -0.293. The van der Waals surface area contributed by atoms with Crippen molar-refractivity contribution < 1.29 is 19.1 Å². The van der Waals surface area contributed by atoms with Gasteiger partial charge < -0.3 is 10.4 Å². The van der Waals surface area contributed by atoms with Gasteiger partial charge >= 0.3 is 5.97 Å². The molecule has 7 nitrogen and oxygen atoms in total. The summed E-state index contributed by atoms with van der Waals surface area (Å²) in [5.74, 6) is -2.12. The zero-order valence-corrected chi connectivity index (χ0v) is 9.58. The van der Waals surface area contributed by atoms with Crippen LogP contribution >= 0.6 is 0 Å². The maximum Gasteiger partial charge on any atom is 0.355 e. The minimum atomic E-state index is -1.22. The molecular weight excluding hydrogens is 255 g/mol. The normalized spacial score (nSPS) is 10.2. The summed E-state index contributed by atoms with van der Waals surface area (Å²) in [5, 5.41) is 18.2. The summed E-state index contributed by atoms with van der Waals surface area (Å²) in [4.78, 5) is 22.4. The number of aromatic carboxylic acids is 1. The predicted molar refractivity (Wildman–Crippen MR) is 62.0 cm³/mol. The van der Waals surface area contributed by atoms with Crippen molar-refractivity contribution in [3.63, 3.8) is 0 Å². The molecular formula is C11H9FN4O3. The largest absolute Gasteiger partial charge is 0.476 e. The van der Waals surface area contributed by atoms with E-state index < -0.39 is 17.7 Å². The molecule has 0 aliphatic heterocycles. The molecule has 2 aromatic rings. The summed E-state index contributed by atoms with van der Waals surface area (Å²) in [6, 6.07) is 5.20. The molecule has 0 saturated carbocycles. The number of nitrogens with one attached hydrogen (secondary N) is 1. The number of halogens is 1. The molecule has 1 aromatic carbocycles. The second-order valence-electron chi connectivity index (χ2n) is 3.64. The first-order valence-corrected chi connectivity index (χ1v) is 5.23. The van der Waals surface area contributed by atoms with Crippen LogP contribution in [0.5, 0.6) is 0 Å². The molecule has 1 aromatic heterocycles. The van der Waals surface area contributed by atoms with Crippen LogP contribution in [0.3, 0.4) is 0 Å². The van der Waals surface area contributed by atoms with E-state index in [-0.39, 0.29) is 12.2 Å². The van der Waals surface area contributed by atoms with Gasteiger partial charge in [-0.1, -0.05) is 5.21 Å². The first-order chi connectivity index (χ1) is 9.06. The van der Waals surface area contributed by atoms with Gasteiger partial charge in [-0.25, -0.2) is 13.9 Å². The summed E-state index contributed by atoms with van der Waals surface area (Å²) in [5.41, 5.74) is 0.220. The van der Waals surface area contributed by atoms with E-state index >= 15 is 0 Å². The molecule has 1 amide bonds. The Morgan fingerprint density at radius 3 is 2.63 bits per heavy atom. The molecule has 0 radical (unpaired) electrons.